The van der Waals surface area contributed by atoms with E-state index in [1.807, 2.05) is 18.2 Å². The van der Waals surface area contributed by atoms with Gasteiger partial charge < -0.3 is 20.5 Å². The molecule has 1 aromatic carbocycles. The van der Waals surface area contributed by atoms with Gasteiger partial charge >= 0.3 is 0 Å². The molecule has 0 saturated heterocycles. The first-order valence-corrected chi connectivity index (χ1v) is 6.48. The second-order valence-corrected chi connectivity index (χ2v) is 4.60. The SMILES string of the molecule is COCCNC(=O)COc1cccc2c1CCC2N. The van der Waals surface area contributed by atoms with Crippen molar-refractivity contribution in [3.8, 4) is 5.75 Å². The Kier molecular flexibility index (Phi) is 4.76. The monoisotopic (exact) mass is 264 g/mol. The Morgan fingerprint density at radius 3 is 3.16 bits per heavy atom. The molecule has 0 aliphatic heterocycles. The molecule has 2 rings (SSSR count). The summed E-state index contributed by atoms with van der Waals surface area (Å²) in [4.78, 5) is 11.5. The Morgan fingerprint density at radius 2 is 2.37 bits per heavy atom. The number of fused-ring (bicyclic) bond motifs is 1. The third kappa shape index (κ3) is 3.45. The summed E-state index contributed by atoms with van der Waals surface area (Å²) in [6, 6.07) is 5.93. The first kappa shape index (κ1) is 13.8. The lowest BCUT2D eigenvalue weighted by Gasteiger charge is -2.11. The van der Waals surface area contributed by atoms with Gasteiger partial charge in [0.2, 0.25) is 0 Å². The second-order valence-electron chi connectivity index (χ2n) is 4.60. The van der Waals surface area contributed by atoms with E-state index in [4.69, 9.17) is 15.2 Å². The van der Waals surface area contributed by atoms with E-state index >= 15 is 0 Å². The minimum absolute atomic E-state index is 0.0232. The Balaban J connectivity index is 1.89. The number of nitrogens with one attached hydrogen (secondary N) is 1. The van der Waals surface area contributed by atoms with Gasteiger partial charge in [-0.3, -0.25) is 4.79 Å². The maximum atomic E-state index is 11.5. The molecule has 104 valence electrons. The number of benzene rings is 1. The fraction of sp³-hybridized carbons (Fsp3) is 0.500. The summed E-state index contributed by atoms with van der Waals surface area (Å²) < 4.78 is 10.4. The van der Waals surface area contributed by atoms with Gasteiger partial charge in [0.15, 0.2) is 6.61 Å². The Bertz CT molecular complexity index is 448. The number of carbonyl (C=O) groups excluding carboxylic acids is 1. The summed E-state index contributed by atoms with van der Waals surface area (Å²) in [5.41, 5.74) is 8.28. The molecule has 0 fully saturated rings. The molecule has 1 aliphatic rings. The van der Waals surface area contributed by atoms with Gasteiger partial charge in [0.1, 0.15) is 5.75 Å². The predicted molar refractivity (Wildman–Crippen MR) is 72.1 cm³/mol. The lowest BCUT2D eigenvalue weighted by atomic mass is 10.1. The van der Waals surface area contributed by atoms with Gasteiger partial charge in [-0.1, -0.05) is 12.1 Å². The van der Waals surface area contributed by atoms with E-state index in [9.17, 15) is 4.79 Å². The van der Waals surface area contributed by atoms with Crippen LogP contribution in [-0.2, 0) is 16.0 Å². The van der Waals surface area contributed by atoms with Gasteiger partial charge in [-0.05, 0) is 30.0 Å². The summed E-state index contributed by atoms with van der Waals surface area (Å²) in [5.74, 6) is 0.629. The smallest absolute Gasteiger partial charge is 0.258 e. The number of amides is 1. The molecule has 0 saturated carbocycles. The largest absolute Gasteiger partial charge is 0.483 e. The highest BCUT2D eigenvalue weighted by molar-refractivity contribution is 5.77. The van der Waals surface area contributed by atoms with Crippen molar-refractivity contribution in [2.24, 2.45) is 5.73 Å². The van der Waals surface area contributed by atoms with Crippen LogP contribution in [0.15, 0.2) is 18.2 Å². The molecular weight excluding hydrogens is 244 g/mol. The predicted octanol–water partition coefficient (Wildman–Crippen LogP) is 0.774. The highest BCUT2D eigenvalue weighted by Crippen LogP contribution is 2.35. The molecule has 1 amide bonds. The zero-order valence-electron chi connectivity index (χ0n) is 11.1. The number of methoxy groups -OCH3 is 1. The first-order chi connectivity index (χ1) is 9.22. The molecule has 19 heavy (non-hydrogen) atoms. The summed E-state index contributed by atoms with van der Waals surface area (Å²) in [5, 5.41) is 2.72. The van der Waals surface area contributed by atoms with Crippen LogP contribution < -0.4 is 15.8 Å². The van der Waals surface area contributed by atoms with Crippen LogP contribution in [0.25, 0.3) is 0 Å². The number of hydrogen-bond donors (Lipinski definition) is 2. The highest BCUT2D eigenvalue weighted by atomic mass is 16.5. The van der Waals surface area contributed by atoms with E-state index in [1.54, 1.807) is 7.11 Å². The third-order valence-electron chi connectivity index (χ3n) is 3.26. The lowest BCUT2D eigenvalue weighted by molar-refractivity contribution is -0.123. The van der Waals surface area contributed by atoms with Gasteiger partial charge in [-0.25, -0.2) is 0 Å². The van der Waals surface area contributed by atoms with Gasteiger partial charge in [0.25, 0.3) is 5.91 Å². The van der Waals surface area contributed by atoms with Gasteiger partial charge in [-0.2, -0.15) is 0 Å². The van der Waals surface area contributed by atoms with Crippen molar-refractivity contribution in [3.05, 3.63) is 29.3 Å². The Labute approximate surface area is 113 Å². The fourth-order valence-electron chi connectivity index (χ4n) is 2.27. The number of hydrogen-bond acceptors (Lipinski definition) is 4. The minimum Gasteiger partial charge on any atom is -0.483 e. The molecule has 5 nitrogen and oxygen atoms in total. The molecule has 0 aromatic heterocycles. The molecular formula is C14H20N2O3. The molecule has 5 heteroatoms. The van der Waals surface area contributed by atoms with Crippen molar-refractivity contribution in [2.45, 2.75) is 18.9 Å². The summed E-state index contributed by atoms with van der Waals surface area (Å²) in [6.45, 7) is 1.02. The average Bonchev–Trinajstić information content (AvgIpc) is 2.79. The second kappa shape index (κ2) is 6.54. The lowest BCUT2D eigenvalue weighted by Crippen LogP contribution is -2.31. The van der Waals surface area contributed by atoms with Crippen molar-refractivity contribution >= 4 is 5.91 Å². The number of ether oxygens (including phenoxy) is 2. The maximum Gasteiger partial charge on any atom is 0.258 e. The molecule has 0 heterocycles. The van der Waals surface area contributed by atoms with Crippen LogP contribution in [0.4, 0.5) is 0 Å². The topological polar surface area (TPSA) is 73.6 Å². The number of rotatable bonds is 6. The van der Waals surface area contributed by atoms with Crippen LogP contribution in [-0.4, -0.2) is 32.8 Å². The molecule has 0 bridgehead atoms. The average molecular weight is 264 g/mol. The van der Waals surface area contributed by atoms with Crippen molar-refractivity contribution < 1.29 is 14.3 Å². The van der Waals surface area contributed by atoms with Gasteiger partial charge in [-0.15, -0.1) is 0 Å². The van der Waals surface area contributed by atoms with Crippen LogP contribution in [0.5, 0.6) is 5.75 Å². The summed E-state index contributed by atoms with van der Waals surface area (Å²) in [7, 11) is 1.60. The summed E-state index contributed by atoms with van der Waals surface area (Å²) in [6.07, 6.45) is 1.85. The number of carbonyl (C=O) groups is 1. The number of nitrogens with two attached hydrogens (primary N) is 1. The van der Waals surface area contributed by atoms with Crippen molar-refractivity contribution in [1.82, 2.24) is 5.32 Å². The molecule has 0 spiro atoms. The molecule has 1 atom stereocenters. The Hall–Kier alpha value is -1.59. The highest BCUT2D eigenvalue weighted by Gasteiger charge is 2.22. The molecule has 1 aliphatic carbocycles. The van der Waals surface area contributed by atoms with Gasteiger partial charge in [0, 0.05) is 19.7 Å². The fourth-order valence-corrected chi connectivity index (χ4v) is 2.27. The van der Waals surface area contributed by atoms with Crippen LogP contribution in [0, 0.1) is 0 Å². The normalized spacial score (nSPS) is 17.1. The first-order valence-electron chi connectivity index (χ1n) is 6.48. The van der Waals surface area contributed by atoms with E-state index in [-0.39, 0.29) is 18.6 Å². The van der Waals surface area contributed by atoms with Crippen molar-refractivity contribution in [3.63, 3.8) is 0 Å². The summed E-state index contributed by atoms with van der Waals surface area (Å²) >= 11 is 0. The quantitative estimate of drug-likeness (QED) is 0.744. The standard InChI is InChI=1S/C14H20N2O3/c1-18-8-7-16-14(17)9-19-13-4-2-3-10-11(13)5-6-12(10)15/h2-4,12H,5-9,15H2,1H3,(H,16,17). The maximum absolute atomic E-state index is 11.5. The van der Waals surface area contributed by atoms with Crippen molar-refractivity contribution in [2.75, 3.05) is 26.9 Å². The minimum atomic E-state index is -0.142. The third-order valence-corrected chi connectivity index (χ3v) is 3.26. The molecule has 1 aromatic rings. The molecule has 3 N–H and O–H groups in total. The van der Waals surface area contributed by atoms with Crippen molar-refractivity contribution in [1.29, 1.82) is 0 Å². The van der Waals surface area contributed by atoms with E-state index in [2.05, 4.69) is 5.32 Å². The van der Waals surface area contributed by atoms with E-state index in [0.29, 0.717) is 13.2 Å². The zero-order chi connectivity index (χ0) is 13.7. The molecule has 0 radical (unpaired) electrons. The Morgan fingerprint density at radius 1 is 1.53 bits per heavy atom. The van der Waals surface area contributed by atoms with E-state index < -0.39 is 0 Å². The van der Waals surface area contributed by atoms with Crippen LogP contribution in [0.2, 0.25) is 0 Å². The zero-order valence-corrected chi connectivity index (χ0v) is 11.1. The van der Waals surface area contributed by atoms with Gasteiger partial charge in [0.05, 0.1) is 6.61 Å². The van der Waals surface area contributed by atoms with E-state index in [1.165, 1.54) is 0 Å². The van der Waals surface area contributed by atoms with E-state index in [0.717, 1.165) is 29.7 Å². The van der Waals surface area contributed by atoms with Crippen LogP contribution >= 0.6 is 0 Å². The van der Waals surface area contributed by atoms with Crippen LogP contribution in [0.1, 0.15) is 23.6 Å². The molecule has 1 unspecified atom stereocenters. The van der Waals surface area contributed by atoms with Crippen LogP contribution in [0.3, 0.4) is 0 Å².